The Hall–Kier alpha value is -2.88. The van der Waals surface area contributed by atoms with Crippen LogP contribution in [-0.4, -0.2) is 19.2 Å². The molecule has 4 rings (SSSR count). The van der Waals surface area contributed by atoms with Crippen molar-refractivity contribution in [2.45, 2.75) is 6.92 Å². The highest BCUT2D eigenvalue weighted by Gasteiger charge is 2.08. The molecule has 0 fully saturated rings. The molecule has 0 saturated carbocycles. The van der Waals surface area contributed by atoms with E-state index in [0.29, 0.717) is 0 Å². The summed E-state index contributed by atoms with van der Waals surface area (Å²) in [7, 11) is 0. The van der Waals surface area contributed by atoms with E-state index in [1.807, 2.05) is 70.3 Å². The van der Waals surface area contributed by atoms with Crippen molar-refractivity contribution in [3.05, 3.63) is 72.8 Å². The Morgan fingerprint density at radius 3 is 2.62 bits per heavy atom. The molecule has 0 bridgehead atoms. The number of pyridine rings is 1. The molecule has 0 saturated heterocycles. The first-order valence-electron chi connectivity index (χ1n) is 6.86. The van der Waals surface area contributed by atoms with Crippen LogP contribution in [-0.2, 0) is 0 Å². The molecule has 0 N–H and O–H groups in total. The van der Waals surface area contributed by atoms with E-state index in [1.54, 1.807) is 0 Å². The highest BCUT2D eigenvalue weighted by molar-refractivity contribution is 5.63. The van der Waals surface area contributed by atoms with Gasteiger partial charge in [0.2, 0.25) is 0 Å². The molecular formula is C17H14N4. The first kappa shape index (κ1) is 11.9. The van der Waals surface area contributed by atoms with E-state index >= 15 is 0 Å². The molecule has 102 valence electrons. The van der Waals surface area contributed by atoms with Crippen LogP contribution in [0.5, 0.6) is 0 Å². The Morgan fingerprint density at radius 2 is 1.81 bits per heavy atom. The van der Waals surface area contributed by atoms with Crippen molar-refractivity contribution >= 4 is 5.65 Å². The molecular weight excluding hydrogens is 260 g/mol. The summed E-state index contributed by atoms with van der Waals surface area (Å²) in [5.41, 5.74) is 5.15. The lowest BCUT2D eigenvalue weighted by Crippen LogP contribution is -1.92. The number of fused-ring (bicyclic) bond motifs is 1. The fourth-order valence-corrected chi connectivity index (χ4v) is 2.47. The Bertz CT molecular complexity index is 903. The summed E-state index contributed by atoms with van der Waals surface area (Å²) in [4.78, 5) is 4.70. The lowest BCUT2D eigenvalue weighted by Gasteiger charge is -1.98. The van der Waals surface area contributed by atoms with Gasteiger partial charge in [0.15, 0.2) is 0 Å². The van der Waals surface area contributed by atoms with Gasteiger partial charge in [-0.2, -0.15) is 5.10 Å². The minimum absolute atomic E-state index is 0.937. The third kappa shape index (κ3) is 2.01. The van der Waals surface area contributed by atoms with E-state index in [0.717, 1.165) is 22.6 Å². The minimum Gasteiger partial charge on any atom is -0.306 e. The molecule has 0 radical (unpaired) electrons. The van der Waals surface area contributed by atoms with Gasteiger partial charge in [0, 0.05) is 24.2 Å². The van der Waals surface area contributed by atoms with Gasteiger partial charge in [0.1, 0.15) is 5.65 Å². The van der Waals surface area contributed by atoms with Crippen LogP contribution in [0.2, 0.25) is 0 Å². The number of para-hydroxylation sites is 1. The summed E-state index contributed by atoms with van der Waals surface area (Å²) < 4.78 is 3.91. The van der Waals surface area contributed by atoms with Crippen molar-refractivity contribution in [3.8, 4) is 16.9 Å². The zero-order chi connectivity index (χ0) is 14.2. The first-order valence-corrected chi connectivity index (χ1v) is 6.86. The maximum absolute atomic E-state index is 4.70. The summed E-state index contributed by atoms with van der Waals surface area (Å²) in [6, 6.07) is 14.2. The molecule has 0 amide bonds. The van der Waals surface area contributed by atoms with Gasteiger partial charge in [-0.15, -0.1) is 0 Å². The molecule has 0 spiro atoms. The Morgan fingerprint density at radius 1 is 0.952 bits per heavy atom. The number of imidazole rings is 1. The Labute approximate surface area is 122 Å². The molecule has 4 nitrogen and oxygen atoms in total. The molecule has 3 heterocycles. The standard InChI is InChI=1S/C17H14N4/c1-13-6-5-9-20-12-16(19-17(13)20)14-10-18-21(11-14)15-7-3-2-4-8-15/h2-12H,1H3. The van der Waals surface area contributed by atoms with Crippen LogP contribution in [0.15, 0.2) is 67.3 Å². The lowest BCUT2D eigenvalue weighted by atomic mass is 10.3. The molecule has 0 aliphatic heterocycles. The van der Waals surface area contributed by atoms with E-state index in [2.05, 4.69) is 18.1 Å². The number of aromatic nitrogens is 4. The average molecular weight is 274 g/mol. The van der Waals surface area contributed by atoms with Crippen molar-refractivity contribution in [3.63, 3.8) is 0 Å². The summed E-state index contributed by atoms with van der Waals surface area (Å²) in [5.74, 6) is 0. The minimum atomic E-state index is 0.937. The van der Waals surface area contributed by atoms with Crippen LogP contribution >= 0.6 is 0 Å². The van der Waals surface area contributed by atoms with E-state index in [-0.39, 0.29) is 0 Å². The number of rotatable bonds is 2. The summed E-state index contributed by atoms with van der Waals surface area (Å²) in [6.45, 7) is 2.07. The topological polar surface area (TPSA) is 35.1 Å². The summed E-state index contributed by atoms with van der Waals surface area (Å²) in [6.07, 6.45) is 7.91. The first-order chi connectivity index (χ1) is 10.3. The van der Waals surface area contributed by atoms with Crippen molar-refractivity contribution in [2.75, 3.05) is 0 Å². The number of benzene rings is 1. The zero-order valence-corrected chi connectivity index (χ0v) is 11.6. The molecule has 21 heavy (non-hydrogen) atoms. The summed E-state index contributed by atoms with van der Waals surface area (Å²) >= 11 is 0. The van der Waals surface area contributed by atoms with Crippen LogP contribution in [0.3, 0.4) is 0 Å². The monoisotopic (exact) mass is 274 g/mol. The fraction of sp³-hybridized carbons (Fsp3) is 0.0588. The van der Waals surface area contributed by atoms with Gasteiger partial charge < -0.3 is 4.40 Å². The van der Waals surface area contributed by atoms with Gasteiger partial charge in [-0.25, -0.2) is 9.67 Å². The van der Waals surface area contributed by atoms with Crippen LogP contribution in [0.25, 0.3) is 22.6 Å². The molecule has 0 aliphatic rings. The lowest BCUT2D eigenvalue weighted by molar-refractivity contribution is 0.881. The predicted octanol–water partition coefficient (Wildman–Crippen LogP) is 3.50. The highest BCUT2D eigenvalue weighted by atomic mass is 15.3. The summed E-state index contributed by atoms with van der Waals surface area (Å²) in [5, 5.41) is 4.42. The van der Waals surface area contributed by atoms with Crippen LogP contribution < -0.4 is 0 Å². The molecule has 0 atom stereocenters. The van der Waals surface area contributed by atoms with E-state index < -0.39 is 0 Å². The van der Waals surface area contributed by atoms with E-state index in [1.165, 1.54) is 5.56 Å². The van der Waals surface area contributed by atoms with Gasteiger partial charge >= 0.3 is 0 Å². The normalized spacial score (nSPS) is 11.1. The molecule has 4 aromatic rings. The Kier molecular flexibility index (Phi) is 2.60. The van der Waals surface area contributed by atoms with Crippen molar-refractivity contribution < 1.29 is 0 Å². The zero-order valence-electron chi connectivity index (χ0n) is 11.6. The second-order valence-corrected chi connectivity index (χ2v) is 5.06. The van der Waals surface area contributed by atoms with Gasteiger partial charge in [-0.3, -0.25) is 0 Å². The molecule has 0 aliphatic carbocycles. The van der Waals surface area contributed by atoms with Crippen molar-refractivity contribution in [1.82, 2.24) is 19.2 Å². The van der Waals surface area contributed by atoms with Crippen LogP contribution in [0, 0.1) is 6.92 Å². The highest BCUT2D eigenvalue weighted by Crippen LogP contribution is 2.21. The van der Waals surface area contributed by atoms with Gasteiger partial charge in [-0.1, -0.05) is 24.3 Å². The molecule has 3 aromatic heterocycles. The van der Waals surface area contributed by atoms with Gasteiger partial charge in [0.25, 0.3) is 0 Å². The van der Waals surface area contributed by atoms with Gasteiger partial charge in [0.05, 0.1) is 17.6 Å². The third-order valence-corrected chi connectivity index (χ3v) is 3.58. The van der Waals surface area contributed by atoms with Gasteiger partial charge in [-0.05, 0) is 30.7 Å². The van der Waals surface area contributed by atoms with Crippen LogP contribution in [0.1, 0.15) is 5.56 Å². The number of nitrogens with zero attached hydrogens (tertiary/aromatic N) is 4. The number of hydrogen-bond acceptors (Lipinski definition) is 2. The van der Waals surface area contributed by atoms with Crippen molar-refractivity contribution in [1.29, 1.82) is 0 Å². The quantitative estimate of drug-likeness (QED) is 0.561. The smallest absolute Gasteiger partial charge is 0.140 e. The second kappa shape index (κ2) is 4.59. The maximum Gasteiger partial charge on any atom is 0.140 e. The number of hydrogen-bond donors (Lipinski definition) is 0. The molecule has 0 unspecified atom stereocenters. The molecule has 1 aromatic carbocycles. The fourth-order valence-electron chi connectivity index (χ4n) is 2.47. The van der Waals surface area contributed by atoms with Crippen molar-refractivity contribution in [2.24, 2.45) is 0 Å². The largest absolute Gasteiger partial charge is 0.306 e. The van der Waals surface area contributed by atoms with Crippen LogP contribution in [0.4, 0.5) is 0 Å². The number of aryl methyl sites for hydroxylation is 1. The Balaban J connectivity index is 1.79. The average Bonchev–Trinajstić information content (AvgIpc) is 3.15. The SMILES string of the molecule is Cc1cccn2cc(-c3cnn(-c4ccccc4)c3)nc12. The second-order valence-electron chi connectivity index (χ2n) is 5.06. The van der Waals surface area contributed by atoms with E-state index in [9.17, 15) is 0 Å². The maximum atomic E-state index is 4.70. The third-order valence-electron chi connectivity index (χ3n) is 3.58. The van der Waals surface area contributed by atoms with E-state index in [4.69, 9.17) is 4.98 Å². The molecule has 4 heteroatoms. The predicted molar refractivity (Wildman–Crippen MR) is 82.5 cm³/mol.